The van der Waals surface area contributed by atoms with E-state index in [4.69, 9.17) is 0 Å². The van der Waals surface area contributed by atoms with Gasteiger partial charge >= 0.3 is 0 Å². The first kappa shape index (κ1) is 16.4. The molecule has 6 heteroatoms. The summed E-state index contributed by atoms with van der Waals surface area (Å²) in [6, 6.07) is 10.2. The molecule has 1 aromatic carbocycles. The van der Waals surface area contributed by atoms with Crippen molar-refractivity contribution >= 4 is 18.0 Å². The minimum Gasteiger partial charge on any atom is -0.265 e. The third-order valence-corrected chi connectivity index (χ3v) is 3.79. The molecule has 0 aliphatic rings. The predicted octanol–water partition coefficient (Wildman–Crippen LogP) is 2.95. The van der Waals surface area contributed by atoms with Crippen molar-refractivity contribution in [3.63, 3.8) is 0 Å². The van der Waals surface area contributed by atoms with E-state index >= 15 is 0 Å². The molecule has 116 valence electrons. The van der Waals surface area contributed by atoms with Crippen molar-refractivity contribution in [3.8, 4) is 0 Å². The molecule has 0 atom stereocenters. The number of benzene rings is 1. The second-order valence-electron chi connectivity index (χ2n) is 5.17. The van der Waals surface area contributed by atoms with Gasteiger partial charge in [0.25, 0.3) is 5.56 Å². The maximum atomic E-state index is 12.4. The smallest absolute Gasteiger partial charge is 0.265 e. The molecular formula is C16H20N4OS. The first-order valence-electron chi connectivity index (χ1n) is 7.23. The Hall–Kier alpha value is -1.95. The van der Waals surface area contributed by atoms with E-state index in [2.05, 4.69) is 27.4 Å². The summed E-state index contributed by atoms with van der Waals surface area (Å²) in [4.78, 5) is 12.4. The SMILES string of the molecule is CSc1nnc(C(C)C)c(=O)n1N=CCCc1ccccc1. The van der Waals surface area contributed by atoms with Gasteiger partial charge in [0.1, 0.15) is 5.69 Å². The minimum atomic E-state index is -0.190. The van der Waals surface area contributed by atoms with Crippen molar-refractivity contribution < 1.29 is 0 Å². The number of hydrogen-bond acceptors (Lipinski definition) is 5. The third kappa shape index (κ3) is 4.04. The van der Waals surface area contributed by atoms with E-state index in [1.54, 1.807) is 6.21 Å². The maximum Gasteiger partial charge on any atom is 0.297 e. The molecule has 1 heterocycles. The molecule has 5 nitrogen and oxygen atoms in total. The third-order valence-electron chi connectivity index (χ3n) is 3.17. The highest BCUT2D eigenvalue weighted by atomic mass is 32.2. The summed E-state index contributed by atoms with van der Waals surface area (Å²) in [6.07, 6.45) is 5.28. The van der Waals surface area contributed by atoms with Gasteiger partial charge in [0, 0.05) is 12.1 Å². The highest BCUT2D eigenvalue weighted by Crippen LogP contribution is 2.11. The Morgan fingerprint density at radius 3 is 2.64 bits per heavy atom. The van der Waals surface area contributed by atoms with E-state index in [0.29, 0.717) is 10.9 Å². The van der Waals surface area contributed by atoms with E-state index in [9.17, 15) is 4.79 Å². The molecule has 0 saturated carbocycles. The molecule has 0 amide bonds. The van der Waals surface area contributed by atoms with Gasteiger partial charge in [0.15, 0.2) is 0 Å². The summed E-state index contributed by atoms with van der Waals surface area (Å²) in [7, 11) is 0. The zero-order chi connectivity index (χ0) is 15.9. The second-order valence-corrected chi connectivity index (χ2v) is 5.94. The van der Waals surface area contributed by atoms with Gasteiger partial charge in [-0.25, -0.2) is 0 Å². The molecule has 22 heavy (non-hydrogen) atoms. The lowest BCUT2D eigenvalue weighted by molar-refractivity contribution is 0.603. The van der Waals surface area contributed by atoms with Crippen LogP contribution in [0.15, 0.2) is 45.4 Å². The Balaban J connectivity index is 2.15. The Morgan fingerprint density at radius 2 is 2.00 bits per heavy atom. The van der Waals surface area contributed by atoms with Crippen molar-refractivity contribution in [2.75, 3.05) is 6.26 Å². The Bertz CT molecular complexity index is 695. The average molecular weight is 316 g/mol. The molecule has 0 spiro atoms. The monoisotopic (exact) mass is 316 g/mol. The van der Waals surface area contributed by atoms with Crippen LogP contribution < -0.4 is 5.56 Å². The fourth-order valence-corrected chi connectivity index (χ4v) is 2.41. The van der Waals surface area contributed by atoms with E-state index in [1.807, 2.05) is 38.3 Å². The van der Waals surface area contributed by atoms with E-state index in [1.165, 1.54) is 22.0 Å². The molecule has 0 radical (unpaired) electrons. The number of thioether (sulfide) groups is 1. The Kier molecular flexibility index (Phi) is 5.89. The Labute approximate surface area is 134 Å². The van der Waals surface area contributed by atoms with Gasteiger partial charge < -0.3 is 0 Å². The molecule has 0 fully saturated rings. The van der Waals surface area contributed by atoms with Crippen molar-refractivity contribution in [3.05, 3.63) is 51.9 Å². The number of aryl methyl sites for hydroxylation is 1. The van der Waals surface area contributed by atoms with Crippen LogP contribution in [-0.4, -0.2) is 27.3 Å². The maximum absolute atomic E-state index is 12.4. The van der Waals surface area contributed by atoms with Crippen molar-refractivity contribution in [1.29, 1.82) is 0 Å². The molecular weight excluding hydrogens is 296 g/mol. The molecule has 2 rings (SSSR count). The molecule has 2 aromatic rings. The normalized spacial score (nSPS) is 11.5. The summed E-state index contributed by atoms with van der Waals surface area (Å²) >= 11 is 1.36. The molecule has 0 bridgehead atoms. The van der Waals surface area contributed by atoms with Crippen LogP contribution in [-0.2, 0) is 6.42 Å². The summed E-state index contributed by atoms with van der Waals surface area (Å²) < 4.78 is 1.35. The van der Waals surface area contributed by atoms with Crippen LogP contribution in [0.1, 0.15) is 37.4 Å². The van der Waals surface area contributed by atoms with Crippen molar-refractivity contribution in [1.82, 2.24) is 14.9 Å². The fourth-order valence-electron chi connectivity index (χ4n) is 1.98. The number of rotatable bonds is 6. The lowest BCUT2D eigenvalue weighted by Crippen LogP contribution is -2.26. The van der Waals surface area contributed by atoms with Gasteiger partial charge in [-0.3, -0.25) is 4.79 Å². The number of aromatic nitrogens is 3. The van der Waals surface area contributed by atoms with Crippen LogP contribution in [0.4, 0.5) is 0 Å². The minimum absolute atomic E-state index is 0.0293. The van der Waals surface area contributed by atoms with Crippen LogP contribution in [0.5, 0.6) is 0 Å². The van der Waals surface area contributed by atoms with Gasteiger partial charge in [-0.2, -0.15) is 9.78 Å². The summed E-state index contributed by atoms with van der Waals surface area (Å²) in [5, 5.41) is 12.9. The first-order chi connectivity index (χ1) is 10.6. The first-order valence-corrected chi connectivity index (χ1v) is 8.46. The standard InChI is InChI=1S/C16H20N4OS/c1-12(2)14-15(21)20(16(22-3)19-18-14)17-11-7-10-13-8-5-4-6-9-13/h4-6,8-9,11-12H,7,10H2,1-3H3. The molecule has 0 aliphatic carbocycles. The number of hydrogen-bond donors (Lipinski definition) is 0. The topological polar surface area (TPSA) is 60.1 Å². The zero-order valence-electron chi connectivity index (χ0n) is 13.1. The lowest BCUT2D eigenvalue weighted by Gasteiger charge is -2.07. The molecule has 0 N–H and O–H groups in total. The van der Waals surface area contributed by atoms with Crippen LogP contribution in [0.25, 0.3) is 0 Å². The van der Waals surface area contributed by atoms with Crippen LogP contribution in [0, 0.1) is 0 Å². The van der Waals surface area contributed by atoms with E-state index in [0.717, 1.165) is 12.8 Å². The highest BCUT2D eigenvalue weighted by molar-refractivity contribution is 7.98. The van der Waals surface area contributed by atoms with Gasteiger partial charge in [-0.15, -0.1) is 10.2 Å². The summed E-state index contributed by atoms with van der Waals surface area (Å²) in [5.74, 6) is 0.0293. The lowest BCUT2D eigenvalue weighted by atomic mass is 10.1. The van der Waals surface area contributed by atoms with Crippen molar-refractivity contribution in [2.24, 2.45) is 5.10 Å². The quantitative estimate of drug-likeness (QED) is 0.607. The van der Waals surface area contributed by atoms with Gasteiger partial charge in [-0.05, 0) is 24.7 Å². The van der Waals surface area contributed by atoms with Crippen LogP contribution >= 0.6 is 11.8 Å². The van der Waals surface area contributed by atoms with Gasteiger partial charge in [-0.1, -0.05) is 55.9 Å². The molecule has 0 unspecified atom stereocenters. The van der Waals surface area contributed by atoms with Crippen LogP contribution in [0.2, 0.25) is 0 Å². The summed E-state index contributed by atoms with van der Waals surface area (Å²) in [5.41, 5.74) is 1.51. The van der Waals surface area contributed by atoms with Crippen LogP contribution in [0.3, 0.4) is 0 Å². The average Bonchev–Trinajstić information content (AvgIpc) is 2.53. The van der Waals surface area contributed by atoms with Gasteiger partial charge in [0.05, 0.1) is 0 Å². The molecule has 0 aliphatic heterocycles. The van der Waals surface area contributed by atoms with Crippen molar-refractivity contribution in [2.45, 2.75) is 37.8 Å². The highest BCUT2D eigenvalue weighted by Gasteiger charge is 2.13. The van der Waals surface area contributed by atoms with E-state index < -0.39 is 0 Å². The van der Waals surface area contributed by atoms with Gasteiger partial charge in [0.2, 0.25) is 5.16 Å². The predicted molar refractivity (Wildman–Crippen MR) is 90.8 cm³/mol. The number of nitrogens with zero attached hydrogens (tertiary/aromatic N) is 4. The largest absolute Gasteiger partial charge is 0.297 e. The second kappa shape index (κ2) is 7.89. The summed E-state index contributed by atoms with van der Waals surface area (Å²) in [6.45, 7) is 3.85. The Morgan fingerprint density at radius 1 is 1.27 bits per heavy atom. The zero-order valence-corrected chi connectivity index (χ0v) is 13.9. The molecule has 1 aromatic heterocycles. The fraction of sp³-hybridized carbons (Fsp3) is 0.375. The molecule has 0 saturated heterocycles. The van der Waals surface area contributed by atoms with E-state index in [-0.39, 0.29) is 11.5 Å².